The van der Waals surface area contributed by atoms with Gasteiger partial charge in [-0.25, -0.2) is 0 Å². The summed E-state index contributed by atoms with van der Waals surface area (Å²) in [6.07, 6.45) is 6.74. The van der Waals surface area contributed by atoms with Gasteiger partial charge in [0.2, 0.25) is 0 Å². The molecule has 0 bridgehead atoms. The lowest BCUT2D eigenvalue weighted by molar-refractivity contribution is 0.134. The van der Waals surface area contributed by atoms with Crippen LogP contribution < -0.4 is 5.32 Å². The Morgan fingerprint density at radius 1 is 1.05 bits per heavy atom. The van der Waals surface area contributed by atoms with E-state index < -0.39 is 0 Å². The van der Waals surface area contributed by atoms with Crippen molar-refractivity contribution in [3.8, 4) is 0 Å². The first-order valence-electron chi connectivity index (χ1n) is 8.74. The molecule has 1 N–H and O–H groups in total. The molecule has 0 radical (unpaired) electrons. The van der Waals surface area contributed by atoms with Crippen LogP contribution in [0.4, 0.5) is 0 Å². The molecule has 2 heteroatoms. The molecule has 1 atom stereocenters. The zero-order valence-corrected chi connectivity index (χ0v) is 14.9. The first-order valence-corrected chi connectivity index (χ1v) is 8.74. The SMILES string of the molecule is CCC(CC)(CNC)CN1CCCC(C(C)(C)C)CC1. The zero-order valence-electron chi connectivity index (χ0n) is 14.9. The van der Waals surface area contributed by atoms with Crippen molar-refractivity contribution in [1.29, 1.82) is 0 Å². The van der Waals surface area contributed by atoms with E-state index in [4.69, 9.17) is 0 Å². The molecule has 1 saturated heterocycles. The maximum atomic E-state index is 3.42. The summed E-state index contributed by atoms with van der Waals surface area (Å²) in [6.45, 7) is 17.0. The molecule has 20 heavy (non-hydrogen) atoms. The van der Waals surface area contributed by atoms with E-state index in [1.54, 1.807) is 0 Å². The minimum atomic E-state index is 0.469. The standard InChI is InChI=1S/C18H38N2/c1-7-18(8-2,14-19-6)15-20-12-9-10-16(11-13-20)17(3,4)5/h16,19H,7-15H2,1-6H3. The maximum Gasteiger partial charge on any atom is 0.00499 e. The molecule has 0 saturated carbocycles. The molecule has 1 heterocycles. The summed E-state index contributed by atoms with van der Waals surface area (Å²) in [4.78, 5) is 2.75. The normalized spacial score (nSPS) is 22.8. The van der Waals surface area contributed by atoms with Gasteiger partial charge in [0, 0.05) is 13.1 Å². The predicted molar refractivity (Wildman–Crippen MR) is 90.2 cm³/mol. The van der Waals surface area contributed by atoms with Gasteiger partial charge in [-0.3, -0.25) is 0 Å². The second kappa shape index (κ2) is 7.79. The Morgan fingerprint density at radius 2 is 1.70 bits per heavy atom. The third-order valence-corrected chi connectivity index (χ3v) is 5.66. The quantitative estimate of drug-likeness (QED) is 0.787. The second-order valence-corrected chi connectivity index (χ2v) is 8.01. The van der Waals surface area contributed by atoms with Crippen LogP contribution in [0.3, 0.4) is 0 Å². The molecule has 0 amide bonds. The van der Waals surface area contributed by atoms with Crippen LogP contribution in [0.25, 0.3) is 0 Å². The molecule has 0 aromatic heterocycles. The topological polar surface area (TPSA) is 15.3 Å². The van der Waals surface area contributed by atoms with E-state index in [0.717, 1.165) is 12.5 Å². The van der Waals surface area contributed by atoms with Gasteiger partial charge in [-0.2, -0.15) is 0 Å². The molecule has 1 fully saturated rings. The van der Waals surface area contributed by atoms with Crippen LogP contribution in [0.2, 0.25) is 0 Å². The zero-order chi connectivity index (χ0) is 15.2. The van der Waals surface area contributed by atoms with E-state index in [0.29, 0.717) is 10.8 Å². The van der Waals surface area contributed by atoms with Gasteiger partial charge in [-0.15, -0.1) is 0 Å². The largest absolute Gasteiger partial charge is 0.319 e. The Bertz CT molecular complexity index is 263. The Balaban J connectivity index is 2.60. The molecule has 1 aliphatic heterocycles. The Labute approximate surface area is 127 Å². The monoisotopic (exact) mass is 282 g/mol. The highest BCUT2D eigenvalue weighted by Crippen LogP contribution is 2.35. The average molecular weight is 283 g/mol. The average Bonchev–Trinajstić information content (AvgIpc) is 2.63. The molecule has 1 rings (SSSR count). The van der Waals surface area contributed by atoms with E-state index in [9.17, 15) is 0 Å². The smallest absolute Gasteiger partial charge is 0.00499 e. The van der Waals surface area contributed by atoms with Gasteiger partial charge < -0.3 is 10.2 Å². The Morgan fingerprint density at radius 3 is 2.20 bits per heavy atom. The van der Waals surface area contributed by atoms with E-state index in [-0.39, 0.29) is 0 Å². The van der Waals surface area contributed by atoms with Gasteiger partial charge >= 0.3 is 0 Å². The van der Waals surface area contributed by atoms with E-state index in [1.807, 2.05) is 0 Å². The molecule has 1 unspecified atom stereocenters. The molecule has 0 aliphatic carbocycles. The first kappa shape index (κ1) is 18.0. The van der Waals surface area contributed by atoms with Crippen LogP contribution in [-0.4, -0.2) is 38.1 Å². The molecule has 2 nitrogen and oxygen atoms in total. The van der Waals surface area contributed by atoms with Gasteiger partial charge in [0.05, 0.1) is 0 Å². The summed E-state index contributed by atoms with van der Waals surface area (Å²) in [5.74, 6) is 0.898. The summed E-state index contributed by atoms with van der Waals surface area (Å²) in [5, 5.41) is 3.42. The van der Waals surface area contributed by atoms with Crippen molar-refractivity contribution in [3.63, 3.8) is 0 Å². The summed E-state index contributed by atoms with van der Waals surface area (Å²) < 4.78 is 0. The highest BCUT2D eigenvalue weighted by Gasteiger charge is 2.31. The summed E-state index contributed by atoms with van der Waals surface area (Å²) >= 11 is 0. The van der Waals surface area contributed by atoms with E-state index in [1.165, 1.54) is 51.7 Å². The van der Waals surface area contributed by atoms with E-state index >= 15 is 0 Å². The highest BCUT2D eigenvalue weighted by molar-refractivity contribution is 4.85. The number of likely N-dealkylation sites (tertiary alicyclic amines) is 1. The van der Waals surface area contributed by atoms with Gasteiger partial charge in [-0.1, -0.05) is 34.6 Å². The first-order chi connectivity index (χ1) is 9.37. The summed E-state index contributed by atoms with van der Waals surface area (Å²) in [6, 6.07) is 0. The minimum absolute atomic E-state index is 0.469. The van der Waals surface area contributed by atoms with Gasteiger partial charge in [0.1, 0.15) is 0 Å². The number of nitrogens with zero attached hydrogens (tertiary/aromatic N) is 1. The number of hydrogen-bond acceptors (Lipinski definition) is 2. The Hall–Kier alpha value is -0.0800. The van der Waals surface area contributed by atoms with Gasteiger partial charge in [0.15, 0.2) is 0 Å². The molecular weight excluding hydrogens is 244 g/mol. The third kappa shape index (κ3) is 5.04. The van der Waals surface area contributed by atoms with Crippen LogP contribution in [0.5, 0.6) is 0 Å². The van der Waals surface area contributed by atoms with Crippen molar-refractivity contribution in [2.45, 2.75) is 66.7 Å². The lowest BCUT2D eigenvalue weighted by Crippen LogP contribution is -2.43. The number of hydrogen-bond donors (Lipinski definition) is 1. The Kier molecular flexibility index (Phi) is 7.00. The van der Waals surface area contributed by atoms with Gasteiger partial charge in [-0.05, 0) is 69.0 Å². The fourth-order valence-electron chi connectivity index (χ4n) is 3.81. The van der Waals surface area contributed by atoms with Gasteiger partial charge in [0.25, 0.3) is 0 Å². The fraction of sp³-hybridized carbons (Fsp3) is 1.00. The third-order valence-electron chi connectivity index (χ3n) is 5.66. The number of rotatable bonds is 6. The van der Waals surface area contributed by atoms with Crippen molar-refractivity contribution in [1.82, 2.24) is 10.2 Å². The molecule has 0 aromatic carbocycles. The minimum Gasteiger partial charge on any atom is -0.319 e. The van der Waals surface area contributed by atoms with Crippen LogP contribution >= 0.6 is 0 Å². The predicted octanol–water partition coefficient (Wildman–Crippen LogP) is 4.16. The molecular formula is C18H38N2. The van der Waals surface area contributed by atoms with Crippen LogP contribution in [-0.2, 0) is 0 Å². The van der Waals surface area contributed by atoms with E-state index in [2.05, 4.69) is 51.9 Å². The molecule has 0 aromatic rings. The van der Waals surface area contributed by atoms with Crippen LogP contribution in [0.15, 0.2) is 0 Å². The van der Waals surface area contributed by atoms with Crippen molar-refractivity contribution >= 4 is 0 Å². The van der Waals surface area contributed by atoms with Crippen LogP contribution in [0, 0.1) is 16.7 Å². The van der Waals surface area contributed by atoms with Crippen molar-refractivity contribution in [3.05, 3.63) is 0 Å². The lowest BCUT2D eigenvalue weighted by atomic mass is 9.76. The summed E-state index contributed by atoms with van der Waals surface area (Å²) in [7, 11) is 2.10. The van der Waals surface area contributed by atoms with Crippen LogP contribution in [0.1, 0.15) is 66.7 Å². The summed E-state index contributed by atoms with van der Waals surface area (Å²) in [5.41, 5.74) is 0.948. The van der Waals surface area contributed by atoms with Crippen molar-refractivity contribution in [2.24, 2.45) is 16.7 Å². The molecule has 120 valence electrons. The number of nitrogens with one attached hydrogen (secondary N) is 1. The molecule has 1 aliphatic rings. The van der Waals surface area contributed by atoms with Crippen molar-refractivity contribution < 1.29 is 0 Å². The second-order valence-electron chi connectivity index (χ2n) is 8.01. The maximum absolute atomic E-state index is 3.42. The molecule has 0 spiro atoms. The van der Waals surface area contributed by atoms with Crippen molar-refractivity contribution in [2.75, 3.05) is 33.2 Å². The lowest BCUT2D eigenvalue weighted by Gasteiger charge is -2.37. The highest BCUT2D eigenvalue weighted by atomic mass is 15.1. The fourth-order valence-corrected chi connectivity index (χ4v) is 3.81.